The van der Waals surface area contributed by atoms with Crippen LogP contribution in [-0.4, -0.2) is 24.5 Å². The maximum absolute atomic E-state index is 10.8. The number of carbonyl (C=O) groups is 1. The highest BCUT2D eigenvalue weighted by Gasteiger charge is 2.18. The summed E-state index contributed by atoms with van der Waals surface area (Å²) < 4.78 is 0. The van der Waals surface area contributed by atoms with Crippen LogP contribution in [0.5, 0.6) is 0 Å². The van der Waals surface area contributed by atoms with Crippen molar-refractivity contribution >= 4 is 5.91 Å². The predicted octanol–water partition coefficient (Wildman–Crippen LogP) is 0.157. The van der Waals surface area contributed by atoms with E-state index in [4.69, 9.17) is 5.26 Å². The Balaban J connectivity index is 2.22. The van der Waals surface area contributed by atoms with Crippen LogP contribution in [0.2, 0.25) is 0 Å². The highest BCUT2D eigenvalue weighted by molar-refractivity contribution is 5.76. The Labute approximate surface area is 78.3 Å². The van der Waals surface area contributed by atoms with Gasteiger partial charge in [-0.15, -0.1) is 0 Å². The SMILES string of the molecule is CC(CC#N)NC1CCC(=O)NC1. The minimum Gasteiger partial charge on any atom is -0.355 e. The van der Waals surface area contributed by atoms with Gasteiger partial charge in [0.1, 0.15) is 0 Å². The van der Waals surface area contributed by atoms with Crippen LogP contribution in [0.15, 0.2) is 0 Å². The monoisotopic (exact) mass is 181 g/mol. The van der Waals surface area contributed by atoms with Crippen LogP contribution in [0, 0.1) is 11.3 Å². The van der Waals surface area contributed by atoms with Gasteiger partial charge >= 0.3 is 0 Å². The molecule has 0 radical (unpaired) electrons. The quantitative estimate of drug-likeness (QED) is 0.651. The van der Waals surface area contributed by atoms with Crippen molar-refractivity contribution in [2.75, 3.05) is 6.54 Å². The Kier molecular flexibility index (Phi) is 3.71. The number of hydrogen-bond acceptors (Lipinski definition) is 3. The van der Waals surface area contributed by atoms with E-state index in [0.717, 1.165) is 6.42 Å². The number of nitrogens with one attached hydrogen (secondary N) is 2. The zero-order valence-electron chi connectivity index (χ0n) is 7.84. The minimum absolute atomic E-state index is 0.131. The molecule has 0 aromatic rings. The van der Waals surface area contributed by atoms with E-state index < -0.39 is 0 Å². The van der Waals surface area contributed by atoms with Crippen LogP contribution in [-0.2, 0) is 4.79 Å². The molecule has 0 spiro atoms. The van der Waals surface area contributed by atoms with E-state index in [-0.39, 0.29) is 11.9 Å². The Bertz CT molecular complexity index is 211. The van der Waals surface area contributed by atoms with Gasteiger partial charge in [0.2, 0.25) is 5.91 Å². The molecule has 1 heterocycles. The summed E-state index contributed by atoms with van der Waals surface area (Å²) in [5.74, 6) is 0.131. The lowest BCUT2D eigenvalue weighted by Crippen LogP contribution is -2.48. The number of piperidine rings is 1. The molecule has 0 aromatic carbocycles. The van der Waals surface area contributed by atoms with E-state index in [2.05, 4.69) is 16.7 Å². The highest BCUT2D eigenvalue weighted by atomic mass is 16.1. The molecular weight excluding hydrogens is 166 g/mol. The molecule has 0 saturated carbocycles. The fraction of sp³-hybridized carbons (Fsp3) is 0.778. The Morgan fingerprint density at radius 2 is 2.62 bits per heavy atom. The van der Waals surface area contributed by atoms with E-state index in [9.17, 15) is 4.79 Å². The molecule has 4 heteroatoms. The third-order valence-corrected chi connectivity index (χ3v) is 2.18. The van der Waals surface area contributed by atoms with E-state index in [1.807, 2.05) is 6.92 Å². The van der Waals surface area contributed by atoms with Gasteiger partial charge in [-0.05, 0) is 13.3 Å². The molecule has 2 unspecified atom stereocenters. The molecule has 1 aliphatic rings. The van der Waals surface area contributed by atoms with Gasteiger partial charge in [0.25, 0.3) is 0 Å². The smallest absolute Gasteiger partial charge is 0.220 e. The normalized spacial score (nSPS) is 24.6. The van der Waals surface area contributed by atoms with Crippen molar-refractivity contribution in [3.05, 3.63) is 0 Å². The first-order valence-corrected chi connectivity index (χ1v) is 4.62. The van der Waals surface area contributed by atoms with Crippen molar-refractivity contribution in [1.29, 1.82) is 5.26 Å². The number of amides is 1. The molecule has 0 aromatic heterocycles. The molecule has 1 aliphatic heterocycles. The van der Waals surface area contributed by atoms with Crippen molar-refractivity contribution in [2.24, 2.45) is 0 Å². The minimum atomic E-state index is 0.131. The highest BCUT2D eigenvalue weighted by Crippen LogP contribution is 2.04. The fourth-order valence-corrected chi connectivity index (χ4v) is 1.47. The van der Waals surface area contributed by atoms with E-state index in [1.54, 1.807) is 0 Å². The third kappa shape index (κ3) is 3.43. The molecular formula is C9H15N3O. The number of hydrogen-bond donors (Lipinski definition) is 2. The first-order chi connectivity index (χ1) is 6.22. The second-order valence-electron chi connectivity index (χ2n) is 3.47. The van der Waals surface area contributed by atoms with Gasteiger partial charge in [-0.2, -0.15) is 5.26 Å². The first-order valence-electron chi connectivity index (χ1n) is 4.62. The summed E-state index contributed by atoms with van der Waals surface area (Å²) in [5.41, 5.74) is 0. The van der Waals surface area contributed by atoms with Crippen LogP contribution >= 0.6 is 0 Å². The summed E-state index contributed by atoms with van der Waals surface area (Å²) in [6.45, 7) is 2.67. The number of nitriles is 1. The summed E-state index contributed by atoms with van der Waals surface area (Å²) in [4.78, 5) is 10.8. The summed E-state index contributed by atoms with van der Waals surface area (Å²) in [6, 6.07) is 2.66. The predicted molar refractivity (Wildman–Crippen MR) is 48.9 cm³/mol. The lowest BCUT2D eigenvalue weighted by Gasteiger charge is -2.25. The summed E-state index contributed by atoms with van der Waals surface area (Å²) >= 11 is 0. The van der Waals surface area contributed by atoms with Crippen LogP contribution in [0.1, 0.15) is 26.2 Å². The largest absolute Gasteiger partial charge is 0.355 e. The van der Waals surface area contributed by atoms with Crippen molar-refractivity contribution < 1.29 is 4.79 Å². The molecule has 0 bridgehead atoms. The average Bonchev–Trinajstić information content (AvgIpc) is 2.09. The van der Waals surface area contributed by atoms with Crippen LogP contribution < -0.4 is 10.6 Å². The van der Waals surface area contributed by atoms with Crippen LogP contribution in [0.25, 0.3) is 0 Å². The van der Waals surface area contributed by atoms with Gasteiger partial charge in [0.05, 0.1) is 12.5 Å². The summed E-state index contributed by atoms with van der Waals surface area (Å²) in [7, 11) is 0. The summed E-state index contributed by atoms with van der Waals surface area (Å²) in [5, 5.41) is 14.5. The molecule has 1 fully saturated rings. The molecule has 1 amide bonds. The molecule has 13 heavy (non-hydrogen) atoms. The number of rotatable bonds is 3. The van der Waals surface area contributed by atoms with Crippen molar-refractivity contribution in [3.8, 4) is 6.07 Å². The average molecular weight is 181 g/mol. The van der Waals surface area contributed by atoms with E-state index in [1.165, 1.54) is 0 Å². The van der Waals surface area contributed by atoms with Crippen molar-refractivity contribution in [1.82, 2.24) is 10.6 Å². The van der Waals surface area contributed by atoms with Crippen LogP contribution in [0.4, 0.5) is 0 Å². The van der Waals surface area contributed by atoms with Gasteiger partial charge < -0.3 is 10.6 Å². The van der Waals surface area contributed by atoms with Gasteiger partial charge in [-0.1, -0.05) is 0 Å². The van der Waals surface area contributed by atoms with Crippen molar-refractivity contribution in [3.63, 3.8) is 0 Å². The van der Waals surface area contributed by atoms with Gasteiger partial charge in [0, 0.05) is 25.0 Å². The second-order valence-corrected chi connectivity index (χ2v) is 3.47. The third-order valence-electron chi connectivity index (χ3n) is 2.18. The molecule has 72 valence electrons. The van der Waals surface area contributed by atoms with E-state index in [0.29, 0.717) is 25.4 Å². The maximum atomic E-state index is 10.8. The van der Waals surface area contributed by atoms with Crippen molar-refractivity contribution in [2.45, 2.75) is 38.3 Å². The van der Waals surface area contributed by atoms with Gasteiger partial charge in [-0.3, -0.25) is 4.79 Å². The van der Waals surface area contributed by atoms with Gasteiger partial charge in [0.15, 0.2) is 0 Å². The van der Waals surface area contributed by atoms with Gasteiger partial charge in [-0.25, -0.2) is 0 Å². The van der Waals surface area contributed by atoms with Crippen LogP contribution in [0.3, 0.4) is 0 Å². The number of carbonyl (C=O) groups excluding carboxylic acids is 1. The molecule has 2 atom stereocenters. The zero-order valence-corrected chi connectivity index (χ0v) is 7.84. The molecule has 0 aliphatic carbocycles. The second kappa shape index (κ2) is 4.83. The molecule has 1 rings (SSSR count). The molecule has 4 nitrogen and oxygen atoms in total. The zero-order chi connectivity index (χ0) is 9.68. The fourth-order valence-electron chi connectivity index (χ4n) is 1.47. The Hall–Kier alpha value is -1.08. The lowest BCUT2D eigenvalue weighted by molar-refractivity contribution is -0.122. The maximum Gasteiger partial charge on any atom is 0.220 e. The van der Waals surface area contributed by atoms with E-state index >= 15 is 0 Å². The standard InChI is InChI=1S/C9H15N3O/c1-7(4-5-10)12-8-2-3-9(13)11-6-8/h7-8,12H,2-4,6H2,1H3,(H,11,13). The molecule has 2 N–H and O–H groups in total. The summed E-state index contributed by atoms with van der Waals surface area (Å²) in [6.07, 6.45) is 1.99. The topological polar surface area (TPSA) is 64.9 Å². The first kappa shape index (κ1) is 10.0. The Morgan fingerprint density at radius 3 is 3.15 bits per heavy atom. The number of nitrogens with zero attached hydrogens (tertiary/aromatic N) is 1. The lowest BCUT2D eigenvalue weighted by atomic mass is 10.1. The molecule has 1 saturated heterocycles. The Morgan fingerprint density at radius 1 is 1.85 bits per heavy atom.